The SMILES string of the molecule is Cc1nccn1CCS(=O)(=O)c1cccc(C(N)=S)c1. The van der Waals surface area contributed by atoms with Gasteiger partial charge in [0.25, 0.3) is 0 Å². The quantitative estimate of drug-likeness (QED) is 0.842. The first-order valence-corrected chi connectivity index (χ1v) is 8.06. The summed E-state index contributed by atoms with van der Waals surface area (Å²) in [6, 6.07) is 6.40. The molecule has 0 aliphatic rings. The lowest BCUT2D eigenvalue weighted by Crippen LogP contribution is -2.15. The molecule has 0 aliphatic heterocycles. The highest BCUT2D eigenvalue weighted by Gasteiger charge is 2.15. The first-order valence-electron chi connectivity index (χ1n) is 6.00. The summed E-state index contributed by atoms with van der Waals surface area (Å²) >= 11 is 4.86. The van der Waals surface area contributed by atoms with Crippen LogP contribution in [-0.4, -0.2) is 28.7 Å². The number of benzene rings is 1. The lowest BCUT2D eigenvalue weighted by atomic mass is 10.2. The third-order valence-corrected chi connectivity index (χ3v) is 4.93. The second-order valence-corrected chi connectivity index (χ2v) is 6.93. The van der Waals surface area contributed by atoms with E-state index in [2.05, 4.69) is 4.98 Å². The van der Waals surface area contributed by atoms with Crippen molar-refractivity contribution < 1.29 is 8.42 Å². The van der Waals surface area contributed by atoms with E-state index in [1.807, 2.05) is 6.92 Å². The average Bonchev–Trinajstić information content (AvgIpc) is 2.82. The fraction of sp³-hybridized carbons (Fsp3) is 0.231. The van der Waals surface area contributed by atoms with E-state index in [0.717, 1.165) is 5.82 Å². The Morgan fingerprint density at radius 3 is 2.80 bits per heavy atom. The van der Waals surface area contributed by atoms with Crippen LogP contribution in [0.4, 0.5) is 0 Å². The van der Waals surface area contributed by atoms with Gasteiger partial charge in [-0.15, -0.1) is 0 Å². The van der Waals surface area contributed by atoms with Crippen molar-refractivity contribution in [2.24, 2.45) is 5.73 Å². The molecule has 0 unspecified atom stereocenters. The summed E-state index contributed by atoms with van der Waals surface area (Å²) < 4.78 is 26.4. The minimum absolute atomic E-state index is 0.00495. The molecule has 0 radical (unpaired) electrons. The monoisotopic (exact) mass is 309 g/mol. The average molecular weight is 309 g/mol. The van der Waals surface area contributed by atoms with Crippen LogP contribution in [0, 0.1) is 6.92 Å². The molecule has 5 nitrogen and oxygen atoms in total. The summed E-state index contributed by atoms with van der Waals surface area (Å²) in [4.78, 5) is 4.49. The molecule has 2 aromatic rings. The second-order valence-electron chi connectivity index (χ2n) is 4.38. The summed E-state index contributed by atoms with van der Waals surface area (Å²) in [5.41, 5.74) is 6.08. The van der Waals surface area contributed by atoms with E-state index in [1.165, 1.54) is 6.07 Å². The number of nitrogens with two attached hydrogens (primary N) is 1. The summed E-state index contributed by atoms with van der Waals surface area (Å²) in [6.07, 6.45) is 3.41. The number of rotatable bonds is 5. The number of aryl methyl sites for hydroxylation is 2. The first kappa shape index (κ1) is 14.7. The number of imidazole rings is 1. The Hall–Kier alpha value is -1.73. The van der Waals surface area contributed by atoms with E-state index < -0.39 is 9.84 Å². The fourth-order valence-corrected chi connectivity index (χ4v) is 3.21. The maximum atomic E-state index is 12.3. The molecular weight excluding hydrogens is 294 g/mol. The van der Waals surface area contributed by atoms with Gasteiger partial charge in [-0.3, -0.25) is 0 Å². The van der Waals surface area contributed by atoms with Crippen LogP contribution in [0.25, 0.3) is 0 Å². The minimum atomic E-state index is -3.37. The number of nitrogens with zero attached hydrogens (tertiary/aromatic N) is 2. The van der Waals surface area contributed by atoms with Crippen molar-refractivity contribution in [2.45, 2.75) is 18.4 Å². The fourth-order valence-electron chi connectivity index (χ4n) is 1.82. The molecule has 2 N–H and O–H groups in total. The van der Waals surface area contributed by atoms with Crippen LogP contribution in [-0.2, 0) is 16.4 Å². The van der Waals surface area contributed by atoms with Gasteiger partial charge in [0.05, 0.1) is 10.6 Å². The van der Waals surface area contributed by atoms with Crippen LogP contribution >= 0.6 is 12.2 Å². The smallest absolute Gasteiger partial charge is 0.180 e. The van der Waals surface area contributed by atoms with E-state index in [4.69, 9.17) is 18.0 Å². The third-order valence-electron chi connectivity index (χ3n) is 3.00. The number of aromatic nitrogens is 2. The van der Waals surface area contributed by atoms with Crippen molar-refractivity contribution in [1.82, 2.24) is 9.55 Å². The van der Waals surface area contributed by atoms with Crippen molar-refractivity contribution in [3.63, 3.8) is 0 Å². The maximum absolute atomic E-state index is 12.3. The predicted molar refractivity (Wildman–Crippen MR) is 81.3 cm³/mol. The highest BCUT2D eigenvalue weighted by Crippen LogP contribution is 2.14. The zero-order valence-electron chi connectivity index (χ0n) is 11.0. The summed E-state index contributed by atoms with van der Waals surface area (Å²) in [6.45, 7) is 2.20. The van der Waals surface area contributed by atoms with Gasteiger partial charge in [-0.1, -0.05) is 24.4 Å². The van der Waals surface area contributed by atoms with Gasteiger partial charge in [0, 0.05) is 24.5 Å². The van der Waals surface area contributed by atoms with Gasteiger partial charge in [0.2, 0.25) is 0 Å². The Bertz CT molecular complexity index is 736. The standard InChI is InChI=1S/C13H15N3O2S2/c1-10-15-5-6-16(10)7-8-20(17,18)12-4-2-3-11(9-12)13(14)19/h2-6,9H,7-8H2,1H3,(H2,14,19). The van der Waals surface area contributed by atoms with Crippen molar-refractivity contribution in [3.8, 4) is 0 Å². The van der Waals surface area contributed by atoms with Crippen LogP contribution in [0.5, 0.6) is 0 Å². The second kappa shape index (κ2) is 5.72. The third kappa shape index (κ3) is 3.23. The summed E-state index contributed by atoms with van der Waals surface area (Å²) in [5, 5.41) is 0. The normalized spacial score (nSPS) is 11.4. The molecule has 0 saturated carbocycles. The number of hydrogen-bond acceptors (Lipinski definition) is 4. The van der Waals surface area contributed by atoms with Gasteiger partial charge >= 0.3 is 0 Å². The Morgan fingerprint density at radius 1 is 1.45 bits per heavy atom. The lowest BCUT2D eigenvalue weighted by molar-refractivity contribution is 0.587. The Labute approximate surface area is 123 Å². The van der Waals surface area contributed by atoms with E-state index >= 15 is 0 Å². The van der Waals surface area contributed by atoms with Gasteiger partial charge in [-0.2, -0.15) is 0 Å². The molecular formula is C13H15N3O2S2. The molecule has 1 aromatic heterocycles. The molecule has 0 aliphatic carbocycles. The summed E-state index contributed by atoms with van der Waals surface area (Å²) in [5.74, 6) is 0.794. The number of thiocarbonyl (C=S) groups is 1. The van der Waals surface area contributed by atoms with E-state index in [9.17, 15) is 8.42 Å². The van der Waals surface area contributed by atoms with Crippen molar-refractivity contribution in [1.29, 1.82) is 0 Å². The van der Waals surface area contributed by atoms with Gasteiger partial charge in [-0.05, 0) is 19.1 Å². The van der Waals surface area contributed by atoms with Crippen LogP contribution in [0.15, 0.2) is 41.6 Å². The highest BCUT2D eigenvalue weighted by molar-refractivity contribution is 7.91. The zero-order valence-corrected chi connectivity index (χ0v) is 12.6. The van der Waals surface area contributed by atoms with Crippen LogP contribution < -0.4 is 5.73 Å². The molecule has 2 rings (SSSR count). The molecule has 0 amide bonds. The van der Waals surface area contributed by atoms with Crippen molar-refractivity contribution in [2.75, 3.05) is 5.75 Å². The largest absolute Gasteiger partial charge is 0.389 e. The number of hydrogen-bond donors (Lipinski definition) is 1. The van der Waals surface area contributed by atoms with Gasteiger partial charge in [0.15, 0.2) is 9.84 Å². The Morgan fingerprint density at radius 2 is 2.20 bits per heavy atom. The van der Waals surface area contributed by atoms with Crippen molar-refractivity contribution >= 4 is 27.0 Å². The van der Waals surface area contributed by atoms with Gasteiger partial charge < -0.3 is 10.3 Å². The van der Waals surface area contributed by atoms with E-state index in [1.54, 1.807) is 35.2 Å². The van der Waals surface area contributed by atoms with Crippen LogP contribution in [0.2, 0.25) is 0 Å². The van der Waals surface area contributed by atoms with Crippen molar-refractivity contribution in [3.05, 3.63) is 48.0 Å². The Kier molecular flexibility index (Phi) is 4.20. The van der Waals surface area contributed by atoms with Crippen LogP contribution in [0.3, 0.4) is 0 Å². The summed E-state index contributed by atoms with van der Waals surface area (Å²) in [7, 11) is -3.37. The van der Waals surface area contributed by atoms with E-state index in [-0.39, 0.29) is 15.6 Å². The molecule has 106 valence electrons. The van der Waals surface area contributed by atoms with Gasteiger partial charge in [-0.25, -0.2) is 13.4 Å². The van der Waals surface area contributed by atoms with Crippen LogP contribution in [0.1, 0.15) is 11.4 Å². The number of sulfone groups is 1. The van der Waals surface area contributed by atoms with E-state index in [0.29, 0.717) is 12.1 Å². The molecule has 0 bridgehead atoms. The molecule has 0 atom stereocenters. The minimum Gasteiger partial charge on any atom is -0.389 e. The molecule has 1 aromatic carbocycles. The molecule has 7 heteroatoms. The predicted octanol–water partition coefficient (Wildman–Crippen LogP) is 1.30. The highest BCUT2D eigenvalue weighted by atomic mass is 32.2. The Balaban J connectivity index is 2.20. The zero-order chi connectivity index (χ0) is 14.8. The lowest BCUT2D eigenvalue weighted by Gasteiger charge is -2.08. The first-order chi connectivity index (χ1) is 9.40. The molecule has 0 spiro atoms. The molecule has 0 fully saturated rings. The molecule has 1 heterocycles. The maximum Gasteiger partial charge on any atom is 0.180 e. The molecule has 20 heavy (non-hydrogen) atoms. The topological polar surface area (TPSA) is 78.0 Å². The molecule has 0 saturated heterocycles. The van der Waals surface area contributed by atoms with Gasteiger partial charge in [0.1, 0.15) is 10.8 Å².